The third kappa shape index (κ3) is 4.42. The smallest absolute Gasteiger partial charge is 0.242 e. The number of nitrogens with zero attached hydrogens (tertiary/aromatic N) is 5. The molecule has 1 aromatic carbocycles. The van der Waals surface area contributed by atoms with Crippen LogP contribution in [0.15, 0.2) is 36.7 Å². The Bertz CT molecular complexity index is 736. The molecule has 2 N–H and O–H groups in total. The molecular weight excluding hydrogens is 336 g/mol. The molecule has 1 aliphatic carbocycles. The number of rotatable bonds is 6. The van der Waals surface area contributed by atoms with E-state index in [-0.39, 0.29) is 24.3 Å². The maximum atomic E-state index is 12.7. The first-order valence-electron chi connectivity index (χ1n) is 8.50. The molecule has 1 heterocycles. The summed E-state index contributed by atoms with van der Waals surface area (Å²) in [5.74, 6) is -0.630. The van der Waals surface area contributed by atoms with Crippen LogP contribution in [0.2, 0.25) is 0 Å². The van der Waals surface area contributed by atoms with E-state index >= 15 is 0 Å². The number of nitrogens with one attached hydrogen (secondary N) is 1. The topological polar surface area (TPSA) is 113 Å². The minimum atomic E-state index is -0.744. The number of hydrogen-bond acceptors (Lipinski definition) is 6. The molecule has 9 heteroatoms. The summed E-state index contributed by atoms with van der Waals surface area (Å²) in [7, 11) is 1.76. The summed E-state index contributed by atoms with van der Waals surface area (Å²) in [5, 5.41) is 23.5. The molecule has 3 rings (SSSR count). The summed E-state index contributed by atoms with van der Waals surface area (Å²) < 4.78 is 1.30. The maximum absolute atomic E-state index is 12.7. The van der Waals surface area contributed by atoms with Gasteiger partial charge in [-0.25, -0.2) is 4.68 Å². The predicted molar refractivity (Wildman–Crippen MR) is 91.4 cm³/mol. The SMILES string of the molecule is CN(Cc1ccccc1)C(=O)[C@H]1C[C@H](NC(=O)Cn2cnnn2)[C@@H](O)C1. The second-order valence-corrected chi connectivity index (χ2v) is 6.60. The van der Waals surface area contributed by atoms with E-state index in [1.807, 2.05) is 30.3 Å². The Morgan fingerprint density at radius 2 is 2.08 bits per heavy atom. The summed E-state index contributed by atoms with van der Waals surface area (Å²) >= 11 is 0. The van der Waals surface area contributed by atoms with Crippen molar-refractivity contribution in [2.45, 2.75) is 38.1 Å². The summed E-state index contributed by atoms with van der Waals surface area (Å²) in [4.78, 5) is 26.3. The zero-order chi connectivity index (χ0) is 18.5. The van der Waals surface area contributed by atoms with Gasteiger partial charge in [0.05, 0.1) is 12.1 Å². The lowest BCUT2D eigenvalue weighted by Gasteiger charge is -2.21. The van der Waals surface area contributed by atoms with E-state index in [9.17, 15) is 14.7 Å². The summed E-state index contributed by atoms with van der Waals surface area (Å²) in [5.41, 5.74) is 1.05. The number of aromatic nitrogens is 4. The third-order valence-electron chi connectivity index (χ3n) is 4.56. The second-order valence-electron chi connectivity index (χ2n) is 6.60. The van der Waals surface area contributed by atoms with Gasteiger partial charge in [-0.15, -0.1) is 5.10 Å². The highest BCUT2D eigenvalue weighted by Gasteiger charge is 2.38. The molecule has 0 radical (unpaired) electrons. The Morgan fingerprint density at radius 3 is 2.77 bits per heavy atom. The van der Waals surface area contributed by atoms with Crippen molar-refractivity contribution in [3.63, 3.8) is 0 Å². The lowest BCUT2D eigenvalue weighted by Crippen LogP contribution is -2.41. The van der Waals surface area contributed by atoms with Crippen molar-refractivity contribution < 1.29 is 14.7 Å². The van der Waals surface area contributed by atoms with Gasteiger partial charge in [-0.1, -0.05) is 30.3 Å². The van der Waals surface area contributed by atoms with Crippen LogP contribution < -0.4 is 5.32 Å². The molecule has 0 bridgehead atoms. The van der Waals surface area contributed by atoms with Crippen LogP contribution in [0.1, 0.15) is 18.4 Å². The molecule has 0 aliphatic heterocycles. The minimum absolute atomic E-state index is 0.0230. The van der Waals surface area contributed by atoms with Gasteiger partial charge in [-0.3, -0.25) is 9.59 Å². The normalized spacial score (nSPS) is 22.2. The van der Waals surface area contributed by atoms with Gasteiger partial charge < -0.3 is 15.3 Å². The van der Waals surface area contributed by atoms with E-state index in [1.54, 1.807) is 11.9 Å². The van der Waals surface area contributed by atoms with Gasteiger partial charge in [0.15, 0.2) is 0 Å². The van der Waals surface area contributed by atoms with Gasteiger partial charge in [-0.2, -0.15) is 0 Å². The van der Waals surface area contributed by atoms with Gasteiger partial charge in [0.1, 0.15) is 12.9 Å². The van der Waals surface area contributed by atoms with Crippen LogP contribution in [0, 0.1) is 5.92 Å². The van der Waals surface area contributed by atoms with Gasteiger partial charge >= 0.3 is 0 Å². The van der Waals surface area contributed by atoms with Gasteiger partial charge in [0.25, 0.3) is 0 Å². The van der Waals surface area contributed by atoms with Crippen LogP contribution in [0.25, 0.3) is 0 Å². The van der Waals surface area contributed by atoms with E-state index in [2.05, 4.69) is 20.8 Å². The standard InChI is InChI=1S/C17H22N6O3/c1-22(9-12-5-3-2-4-6-12)17(26)13-7-14(15(24)8-13)19-16(25)10-23-11-18-20-21-23/h2-6,11,13-15,24H,7-10H2,1H3,(H,19,25)/t13-,14-,15-/m0/s1. The van der Waals surface area contributed by atoms with Crippen LogP contribution in [0.4, 0.5) is 0 Å². The molecule has 3 atom stereocenters. The maximum Gasteiger partial charge on any atom is 0.242 e. The number of amides is 2. The summed E-state index contributed by atoms with van der Waals surface area (Å²) in [6.45, 7) is 0.491. The predicted octanol–water partition coefficient (Wildman–Crippen LogP) is -0.413. The lowest BCUT2D eigenvalue weighted by molar-refractivity contribution is -0.135. The molecule has 9 nitrogen and oxygen atoms in total. The van der Waals surface area contributed by atoms with Crippen LogP contribution in [0.5, 0.6) is 0 Å². The lowest BCUT2D eigenvalue weighted by atomic mass is 10.1. The van der Waals surface area contributed by atoms with Gasteiger partial charge in [0, 0.05) is 19.5 Å². The molecule has 2 aromatic rings. The van der Waals surface area contributed by atoms with Crippen molar-refractivity contribution in [3.05, 3.63) is 42.2 Å². The fourth-order valence-electron chi connectivity index (χ4n) is 3.27. The number of hydrogen-bond donors (Lipinski definition) is 2. The fourth-order valence-corrected chi connectivity index (χ4v) is 3.27. The fraction of sp³-hybridized carbons (Fsp3) is 0.471. The van der Waals surface area contributed by atoms with E-state index < -0.39 is 12.1 Å². The van der Waals surface area contributed by atoms with E-state index in [0.29, 0.717) is 19.4 Å². The van der Waals surface area contributed by atoms with Crippen molar-refractivity contribution in [2.75, 3.05) is 7.05 Å². The van der Waals surface area contributed by atoms with E-state index in [0.717, 1.165) is 5.56 Å². The monoisotopic (exact) mass is 358 g/mol. The van der Waals surface area contributed by atoms with Gasteiger partial charge in [-0.05, 0) is 28.8 Å². The first-order valence-corrected chi connectivity index (χ1v) is 8.50. The van der Waals surface area contributed by atoms with E-state index in [1.165, 1.54) is 11.0 Å². The summed E-state index contributed by atoms with van der Waals surface area (Å²) in [6, 6.07) is 9.29. The number of benzene rings is 1. The van der Waals surface area contributed by atoms with Crippen LogP contribution in [-0.2, 0) is 22.7 Å². The molecule has 1 aliphatic rings. The van der Waals surface area contributed by atoms with Crippen LogP contribution in [-0.4, -0.2) is 61.2 Å². The highest BCUT2D eigenvalue weighted by molar-refractivity contribution is 5.80. The Morgan fingerprint density at radius 1 is 1.31 bits per heavy atom. The van der Waals surface area contributed by atoms with Crippen LogP contribution >= 0.6 is 0 Å². The quantitative estimate of drug-likeness (QED) is 0.726. The van der Waals surface area contributed by atoms with E-state index in [4.69, 9.17) is 0 Å². The van der Waals surface area contributed by atoms with Crippen molar-refractivity contribution in [1.29, 1.82) is 0 Å². The molecular formula is C17H22N6O3. The Balaban J connectivity index is 1.52. The zero-order valence-corrected chi connectivity index (χ0v) is 14.5. The van der Waals surface area contributed by atoms with Gasteiger partial charge in [0.2, 0.25) is 11.8 Å². The Labute approximate surface area is 151 Å². The van der Waals surface area contributed by atoms with Crippen LogP contribution in [0.3, 0.4) is 0 Å². The second kappa shape index (κ2) is 8.05. The average molecular weight is 358 g/mol. The number of aliphatic hydroxyl groups excluding tert-OH is 1. The highest BCUT2D eigenvalue weighted by Crippen LogP contribution is 2.28. The molecule has 138 valence electrons. The number of carbonyl (C=O) groups is 2. The number of tetrazole rings is 1. The molecule has 26 heavy (non-hydrogen) atoms. The molecule has 0 saturated heterocycles. The molecule has 1 fully saturated rings. The third-order valence-corrected chi connectivity index (χ3v) is 4.56. The Hall–Kier alpha value is -2.81. The number of aliphatic hydroxyl groups is 1. The largest absolute Gasteiger partial charge is 0.391 e. The first-order chi connectivity index (χ1) is 12.5. The average Bonchev–Trinajstić information content (AvgIpc) is 3.25. The molecule has 0 unspecified atom stereocenters. The number of carbonyl (C=O) groups excluding carboxylic acids is 2. The molecule has 2 amide bonds. The summed E-state index contributed by atoms with van der Waals surface area (Å²) in [6.07, 6.45) is 1.36. The van der Waals surface area contributed by atoms with Crippen molar-refractivity contribution in [2.24, 2.45) is 5.92 Å². The first kappa shape index (κ1) is 18.0. The molecule has 1 saturated carbocycles. The Kier molecular flexibility index (Phi) is 5.57. The molecule has 0 spiro atoms. The van der Waals surface area contributed by atoms with Crippen molar-refractivity contribution >= 4 is 11.8 Å². The van der Waals surface area contributed by atoms with Crippen molar-refractivity contribution in [1.82, 2.24) is 30.4 Å². The minimum Gasteiger partial charge on any atom is -0.391 e. The highest BCUT2D eigenvalue weighted by atomic mass is 16.3. The zero-order valence-electron chi connectivity index (χ0n) is 14.5. The molecule has 1 aromatic heterocycles. The van der Waals surface area contributed by atoms with Crippen molar-refractivity contribution in [3.8, 4) is 0 Å².